The summed E-state index contributed by atoms with van der Waals surface area (Å²) in [5.74, 6) is 1.02. The Bertz CT molecular complexity index is 1050. The fourth-order valence-electron chi connectivity index (χ4n) is 4.27. The van der Waals surface area contributed by atoms with Crippen LogP contribution >= 0.6 is 0 Å². The van der Waals surface area contributed by atoms with E-state index < -0.39 is 0 Å². The topological polar surface area (TPSA) is 42.0 Å². The number of hydrogen-bond acceptors (Lipinski definition) is 4. The van der Waals surface area contributed by atoms with Gasteiger partial charge in [-0.2, -0.15) is 0 Å². The third kappa shape index (κ3) is 3.32. The molecule has 0 bridgehead atoms. The van der Waals surface area contributed by atoms with Gasteiger partial charge in [0.15, 0.2) is 6.73 Å². The van der Waals surface area contributed by atoms with Crippen molar-refractivity contribution in [2.24, 2.45) is 0 Å². The van der Waals surface area contributed by atoms with Crippen molar-refractivity contribution in [3.63, 3.8) is 0 Å². The molecule has 3 aromatic carbocycles. The van der Waals surface area contributed by atoms with Crippen molar-refractivity contribution in [1.29, 1.82) is 0 Å². The number of carbonyl (C=O) groups is 1. The van der Waals surface area contributed by atoms with E-state index in [1.165, 1.54) is 16.3 Å². The molecule has 0 N–H and O–H groups in total. The number of nitrogens with zero attached hydrogens (tertiary/aromatic N) is 2. The Morgan fingerprint density at radius 3 is 2.69 bits per heavy atom. The highest BCUT2D eigenvalue weighted by Crippen LogP contribution is 2.34. The molecule has 148 valence electrons. The molecule has 1 unspecified atom stereocenters. The minimum Gasteiger partial charge on any atom is -0.473 e. The SMILES string of the molecule is COC1CCN(C(=O)c2ccc(N3COc4ccc5ccccc5c4C3)cc2)C1. The molecule has 0 aromatic heterocycles. The summed E-state index contributed by atoms with van der Waals surface area (Å²) in [7, 11) is 1.70. The van der Waals surface area contributed by atoms with Crippen LogP contribution in [0.5, 0.6) is 5.75 Å². The van der Waals surface area contributed by atoms with E-state index in [0.717, 1.165) is 30.9 Å². The maximum atomic E-state index is 12.7. The van der Waals surface area contributed by atoms with Crippen LogP contribution in [0, 0.1) is 0 Å². The predicted molar refractivity (Wildman–Crippen MR) is 113 cm³/mol. The second-order valence-corrected chi connectivity index (χ2v) is 7.68. The molecular formula is C24H24N2O3. The molecule has 0 radical (unpaired) electrons. The summed E-state index contributed by atoms with van der Waals surface area (Å²) in [5, 5.41) is 2.45. The summed E-state index contributed by atoms with van der Waals surface area (Å²) < 4.78 is 11.4. The second-order valence-electron chi connectivity index (χ2n) is 7.68. The third-order valence-electron chi connectivity index (χ3n) is 5.97. The highest BCUT2D eigenvalue weighted by Gasteiger charge is 2.27. The number of methoxy groups -OCH3 is 1. The van der Waals surface area contributed by atoms with E-state index >= 15 is 0 Å². The lowest BCUT2D eigenvalue weighted by molar-refractivity contribution is 0.0724. The van der Waals surface area contributed by atoms with Gasteiger partial charge in [-0.3, -0.25) is 4.79 Å². The van der Waals surface area contributed by atoms with Crippen molar-refractivity contribution < 1.29 is 14.3 Å². The van der Waals surface area contributed by atoms with E-state index in [1.807, 2.05) is 29.2 Å². The van der Waals surface area contributed by atoms with Gasteiger partial charge < -0.3 is 19.3 Å². The van der Waals surface area contributed by atoms with E-state index in [4.69, 9.17) is 9.47 Å². The van der Waals surface area contributed by atoms with Crippen LogP contribution in [0.3, 0.4) is 0 Å². The summed E-state index contributed by atoms with van der Waals surface area (Å²) in [4.78, 5) is 16.8. The second kappa shape index (κ2) is 7.41. The number of anilines is 1. The average Bonchev–Trinajstić information content (AvgIpc) is 3.28. The molecular weight excluding hydrogens is 364 g/mol. The van der Waals surface area contributed by atoms with Gasteiger partial charge in [0.1, 0.15) is 5.75 Å². The zero-order chi connectivity index (χ0) is 19.8. The van der Waals surface area contributed by atoms with Gasteiger partial charge in [0.2, 0.25) is 0 Å². The number of amides is 1. The summed E-state index contributed by atoms with van der Waals surface area (Å²) in [6, 6.07) is 20.4. The Morgan fingerprint density at radius 2 is 1.90 bits per heavy atom. The van der Waals surface area contributed by atoms with E-state index in [0.29, 0.717) is 18.8 Å². The fraction of sp³-hybridized carbons (Fsp3) is 0.292. The van der Waals surface area contributed by atoms with Crippen molar-refractivity contribution in [2.45, 2.75) is 19.1 Å². The largest absolute Gasteiger partial charge is 0.473 e. The Balaban J connectivity index is 1.35. The molecule has 2 aliphatic heterocycles. The Kier molecular flexibility index (Phi) is 4.60. The van der Waals surface area contributed by atoms with Gasteiger partial charge in [-0.05, 0) is 47.5 Å². The van der Waals surface area contributed by atoms with Crippen LogP contribution in [0.1, 0.15) is 22.3 Å². The lowest BCUT2D eigenvalue weighted by atomic mass is 10.0. The maximum Gasteiger partial charge on any atom is 0.253 e. The first-order valence-corrected chi connectivity index (χ1v) is 10.0. The minimum atomic E-state index is 0.0716. The molecule has 0 spiro atoms. The summed E-state index contributed by atoms with van der Waals surface area (Å²) in [5.41, 5.74) is 2.97. The fourth-order valence-corrected chi connectivity index (χ4v) is 4.27. The third-order valence-corrected chi connectivity index (χ3v) is 5.97. The zero-order valence-corrected chi connectivity index (χ0v) is 16.5. The van der Waals surface area contributed by atoms with Gasteiger partial charge in [0, 0.05) is 37.0 Å². The number of hydrogen-bond donors (Lipinski definition) is 0. The van der Waals surface area contributed by atoms with Crippen LogP contribution in [0.4, 0.5) is 5.69 Å². The maximum absolute atomic E-state index is 12.7. The van der Waals surface area contributed by atoms with Gasteiger partial charge >= 0.3 is 0 Å². The summed E-state index contributed by atoms with van der Waals surface area (Å²) in [6.07, 6.45) is 1.05. The van der Waals surface area contributed by atoms with Gasteiger partial charge in [0.05, 0.1) is 12.6 Å². The van der Waals surface area contributed by atoms with Crippen LogP contribution in [0.25, 0.3) is 10.8 Å². The van der Waals surface area contributed by atoms with Crippen LogP contribution in [-0.2, 0) is 11.3 Å². The van der Waals surface area contributed by atoms with Crippen LogP contribution in [-0.4, -0.2) is 43.8 Å². The Labute approximate surface area is 170 Å². The molecule has 1 atom stereocenters. The number of rotatable bonds is 3. The number of fused-ring (bicyclic) bond motifs is 3. The highest BCUT2D eigenvalue weighted by molar-refractivity contribution is 5.95. The normalized spacial score (nSPS) is 18.6. The van der Waals surface area contributed by atoms with E-state index in [2.05, 4.69) is 41.3 Å². The molecule has 2 aliphatic rings. The van der Waals surface area contributed by atoms with Crippen molar-refractivity contribution in [2.75, 3.05) is 31.8 Å². The first-order valence-electron chi connectivity index (χ1n) is 10.0. The zero-order valence-electron chi connectivity index (χ0n) is 16.5. The molecule has 1 fully saturated rings. The first-order chi connectivity index (χ1) is 14.2. The number of ether oxygens (including phenoxy) is 2. The van der Waals surface area contributed by atoms with E-state index in [9.17, 15) is 4.79 Å². The van der Waals surface area contributed by atoms with Crippen LogP contribution < -0.4 is 9.64 Å². The van der Waals surface area contributed by atoms with Crippen molar-refractivity contribution in [3.8, 4) is 5.75 Å². The summed E-state index contributed by atoms with van der Waals surface area (Å²) >= 11 is 0. The number of benzene rings is 3. The highest BCUT2D eigenvalue weighted by atomic mass is 16.5. The molecule has 0 saturated carbocycles. The van der Waals surface area contributed by atoms with Crippen LogP contribution in [0.15, 0.2) is 60.7 Å². The van der Waals surface area contributed by atoms with Gasteiger partial charge in [0.25, 0.3) is 5.91 Å². The molecule has 29 heavy (non-hydrogen) atoms. The first kappa shape index (κ1) is 18.0. The molecule has 1 saturated heterocycles. The lowest BCUT2D eigenvalue weighted by Crippen LogP contribution is -2.32. The average molecular weight is 388 g/mol. The molecule has 5 rings (SSSR count). The van der Waals surface area contributed by atoms with Crippen molar-refractivity contribution >= 4 is 22.4 Å². The molecule has 1 amide bonds. The lowest BCUT2D eigenvalue weighted by Gasteiger charge is -2.31. The standard InChI is InChI=1S/C24H24N2O3/c1-28-20-12-13-25(14-20)24(27)18-6-9-19(10-7-18)26-15-22-21-5-3-2-4-17(21)8-11-23(22)29-16-26/h2-11,20H,12-16H2,1H3. The monoisotopic (exact) mass is 388 g/mol. The molecule has 0 aliphatic carbocycles. The number of carbonyl (C=O) groups excluding carboxylic acids is 1. The predicted octanol–water partition coefficient (Wildman–Crippen LogP) is 4.06. The molecule has 5 nitrogen and oxygen atoms in total. The summed E-state index contributed by atoms with van der Waals surface area (Å²) in [6.45, 7) is 2.70. The van der Waals surface area contributed by atoms with Crippen LogP contribution in [0.2, 0.25) is 0 Å². The quantitative estimate of drug-likeness (QED) is 0.679. The molecule has 5 heteroatoms. The van der Waals surface area contributed by atoms with Gasteiger partial charge in [-0.15, -0.1) is 0 Å². The molecule has 3 aromatic rings. The van der Waals surface area contributed by atoms with Gasteiger partial charge in [-0.25, -0.2) is 0 Å². The van der Waals surface area contributed by atoms with E-state index in [-0.39, 0.29) is 12.0 Å². The smallest absolute Gasteiger partial charge is 0.253 e. The van der Waals surface area contributed by atoms with E-state index in [1.54, 1.807) is 7.11 Å². The van der Waals surface area contributed by atoms with Crippen molar-refractivity contribution in [3.05, 3.63) is 71.8 Å². The van der Waals surface area contributed by atoms with Crippen molar-refractivity contribution in [1.82, 2.24) is 4.90 Å². The molecule has 2 heterocycles. The van der Waals surface area contributed by atoms with Gasteiger partial charge in [-0.1, -0.05) is 30.3 Å². The Morgan fingerprint density at radius 1 is 1.07 bits per heavy atom. The number of likely N-dealkylation sites (tertiary alicyclic amines) is 1. The Hall–Kier alpha value is -3.05. The minimum absolute atomic E-state index is 0.0716.